The van der Waals surface area contributed by atoms with E-state index in [4.69, 9.17) is 11.6 Å². The molecule has 0 aliphatic heterocycles. The molecule has 5 heteroatoms. The molecule has 0 spiro atoms. The Morgan fingerprint density at radius 2 is 1.67 bits per heavy atom. The number of amides is 1. The summed E-state index contributed by atoms with van der Waals surface area (Å²) in [6.45, 7) is 4.21. The van der Waals surface area contributed by atoms with E-state index >= 15 is 0 Å². The highest BCUT2D eigenvalue weighted by Crippen LogP contribution is 2.29. The van der Waals surface area contributed by atoms with E-state index in [-0.39, 0.29) is 5.91 Å². The number of alkyl halides is 1. The van der Waals surface area contributed by atoms with Gasteiger partial charge in [0.25, 0.3) is 5.91 Å². The van der Waals surface area contributed by atoms with Crippen molar-refractivity contribution in [1.29, 1.82) is 0 Å². The summed E-state index contributed by atoms with van der Waals surface area (Å²) in [5.74, 6) is -0.144. The molecule has 0 fully saturated rings. The maximum atomic E-state index is 12.4. The normalized spacial score (nSPS) is 11.2. The average Bonchev–Trinajstić information content (AvgIpc) is 2.50. The molecule has 0 heterocycles. The van der Waals surface area contributed by atoms with Crippen LogP contribution in [0, 0.1) is 0 Å². The quantitative estimate of drug-likeness (QED) is 0.457. The van der Waals surface area contributed by atoms with Gasteiger partial charge in [0.1, 0.15) is 4.87 Å². The molecule has 0 saturated carbocycles. The summed E-state index contributed by atoms with van der Waals surface area (Å²) in [4.78, 5) is 11.6. The monoisotopic (exact) mass is 374 g/mol. The second-order valence-corrected chi connectivity index (χ2v) is 6.90. The summed E-state index contributed by atoms with van der Waals surface area (Å²) < 4.78 is 0.997. The minimum absolute atomic E-state index is 0.144. The number of hydrazine groups is 1. The minimum atomic E-state index is -0.811. The second-order valence-electron chi connectivity index (χ2n) is 5.26. The highest BCUT2D eigenvalue weighted by atomic mass is 79.9. The molecule has 3 nitrogen and oxygen atoms in total. The number of halogens is 2. The number of unbranched alkanes of at least 4 members (excludes halogenated alkanes) is 2. The van der Waals surface area contributed by atoms with E-state index in [0.717, 1.165) is 35.8 Å². The van der Waals surface area contributed by atoms with Crippen LogP contribution >= 0.6 is 27.5 Å². The van der Waals surface area contributed by atoms with Crippen LogP contribution < -0.4 is 10.9 Å². The Morgan fingerprint density at radius 1 is 1.14 bits per heavy atom. The average molecular weight is 376 g/mol. The molecule has 0 saturated heterocycles. The fourth-order valence-corrected chi connectivity index (χ4v) is 2.62. The fourth-order valence-electron chi connectivity index (χ4n) is 2.04. The lowest BCUT2D eigenvalue weighted by atomic mass is 9.94. The maximum Gasteiger partial charge on any atom is 0.259 e. The van der Waals surface area contributed by atoms with Crippen molar-refractivity contribution in [3.8, 4) is 0 Å². The molecule has 1 rings (SSSR count). The molecule has 21 heavy (non-hydrogen) atoms. The predicted molar refractivity (Wildman–Crippen MR) is 93.5 cm³/mol. The Kier molecular flexibility index (Phi) is 8.12. The zero-order chi connectivity index (χ0) is 15.7. The first kappa shape index (κ1) is 18.3. The molecule has 0 bridgehead atoms. The van der Waals surface area contributed by atoms with Crippen LogP contribution in [-0.2, 0) is 4.79 Å². The van der Waals surface area contributed by atoms with Gasteiger partial charge in [0.2, 0.25) is 0 Å². The number of hydrogen-bond donors (Lipinski definition) is 2. The standard InChI is InChI=1S/C16H24BrClN2O/c1-3-5-11-16(18,12-6-4-2)15(21)20-19-14-9-7-13(17)8-10-14/h7-10,19H,3-6,11-12H2,1-2H3,(H,20,21). The van der Waals surface area contributed by atoms with Crippen molar-refractivity contribution < 1.29 is 4.79 Å². The van der Waals surface area contributed by atoms with Gasteiger partial charge in [0.15, 0.2) is 0 Å². The lowest BCUT2D eigenvalue weighted by Crippen LogP contribution is -2.45. The molecule has 2 N–H and O–H groups in total. The third-order valence-electron chi connectivity index (χ3n) is 3.42. The van der Waals surface area contributed by atoms with Crippen molar-refractivity contribution >= 4 is 39.1 Å². The molecule has 1 aromatic rings. The van der Waals surface area contributed by atoms with E-state index in [1.165, 1.54) is 0 Å². The van der Waals surface area contributed by atoms with Crippen molar-refractivity contribution in [1.82, 2.24) is 5.43 Å². The van der Waals surface area contributed by atoms with E-state index in [1.54, 1.807) is 0 Å². The zero-order valence-electron chi connectivity index (χ0n) is 12.7. The maximum absolute atomic E-state index is 12.4. The van der Waals surface area contributed by atoms with Crippen LogP contribution in [0.4, 0.5) is 5.69 Å². The van der Waals surface area contributed by atoms with E-state index in [1.807, 2.05) is 24.3 Å². The van der Waals surface area contributed by atoms with E-state index in [9.17, 15) is 4.79 Å². The number of benzene rings is 1. The first-order chi connectivity index (χ1) is 10.0. The number of nitrogens with one attached hydrogen (secondary N) is 2. The van der Waals surface area contributed by atoms with Gasteiger partial charge in [-0.1, -0.05) is 55.5 Å². The highest BCUT2D eigenvalue weighted by molar-refractivity contribution is 9.10. The van der Waals surface area contributed by atoms with E-state index in [2.05, 4.69) is 40.6 Å². The van der Waals surface area contributed by atoms with Crippen LogP contribution in [0.3, 0.4) is 0 Å². The van der Waals surface area contributed by atoms with Crippen molar-refractivity contribution in [2.45, 2.75) is 57.2 Å². The van der Waals surface area contributed by atoms with Gasteiger partial charge in [0.05, 0.1) is 5.69 Å². The van der Waals surface area contributed by atoms with Crippen molar-refractivity contribution in [3.63, 3.8) is 0 Å². The van der Waals surface area contributed by atoms with Gasteiger partial charge >= 0.3 is 0 Å². The molecule has 0 aliphatic rings. The van der Waals surface area contributed by atoms with Gasteiger partial charge in [-0.15, -0.1) is 11.6 Å². The largest absolute Gasteiger partial charge is 0.299 e. The molecular formula is C16H24BrClN2O. The molecule has 0 aromatic heterocycles. The van der Waals surface area contributed by atoms with Crippen LogP contribution in [0.15, 0.2) is 28.7 Å². The Balaban J connectivity index is 2.60. The van der Waals surface area contributed by atoms with Gasteiger partial charge in [-0.2, -0.15) is 0 Å². The molecule has 118 valence electrons. The summed E-state index contributed by atoms with van der Waals surface area (Å²) >= 11 is 9.96. The Hall–Kier alpha value is -0.740. The number of hydrogen-bond acceptors (Lipinski definition) is 2. The number of carbonyl (C=O) groups excluding carboxylic acids is 1. The van der Waals surface area contributed by atoms with Gasteiger partial charge in [-0.3, -0.25) is 15.6 Å². The van der Waals surface area contributed by atoms with E-state index in [0.29, 0.717) is 12.8 Å². The van der Waals surface area contributed by atoms with Gasteiger partial charge in [-0.25, -0.2) is 0 Å². The number of anilines is 1. The molecule has 1 aromatic carbocycles. The first-order valence-corrected chi connectivity index (χ1v) is 8.70. The third kappa shape index (κ3) is 6.27. The fraction of sp³-hybridized carbons (Fsp3) is 0.562. The van der Waals surface area contributed by atoms with Crippen LogP contribution in [0.25, 0.3) is 0 Å². The smallest absolute Gasteiger partial charge is 0.259 e. The number of carbonyl (C=O) groups is 1. The highest BCUT2D eigenvalue weighted by Gasteiger charge is 2.34. The SMILES string of the molecule is CCCCC(Cl)(CCCC)C(=O)NNc1ccc(Br)cc1. The topological polar surface area (TPSA) is 41.1 Å². The summed E-state index contributed by atoms with van der Waals surface area (Å²) in [5.41, 5.74) is 6.50. The molecule has 0 aliphatic carbocycles. The number of rotatable bonds is 9. The van der Waals surface area contributed by atoms with E-state index < -0.39 is 4.87 Å². The van der Waals surface area contributed by atoms with Gasteiger partial charge in [-0.05, 0) is 37.1 Å². The van der Waals surface area contributed by atoms with Gasteiger partial charge < -0.3 is 0 Å². The summed E-state index contributed by atoms with van der Waals surface area (Å²) in [6.07, 6.45) is 5.40. The molecular weight excluding hydrogens is 352 g/mol. The van der Waals surface area contributed by atoms with Crippen molar-refractivity contribution in [3.05, 3.63) is 28.7 Å². The third-order valence-corrected chi connectivity index (χ3v) is 4.50. The van der Waals surface area contributed by atoms with Crippen LogP contribution in [-0.4, -0.2) is 10.8 Å². The molecule has 0 radical (unpaired) electrons. The Morgan fingerprint density at radius 3 is 2.14 bits per heavy atom. The minimum Gasteiger partial charge on any atom is -0.299 e. The zero-order valence-corrected chi connectivity index (χ0v) is 15.1. The summed E-state index contributed by atoms with van der Waals surface area (Å²) in [5, 5.41) is 0. The van der Waals surface area contributed by atoms with Crippen molar-refractivity contribution in [2.75, 3.05) is 5.43 Å². The van der Waals surface area contributed by atoms with Gasteiger partial charge in [0, 0.05) is 4.47 Å². The van der Waals surface area contributed by atoms with Crippen LogP contribution in [0.1, 0.15) is 52.4 Å². The van der Waals surface area contributed by atoms with Crippen LogP contribution in [0.5, 0.6) is 0 Å². The Bertz CT molecular complexity index is 428. The molecule has 0 unspecified atom stereocenters. The van der Waals surface area contributed by atoms with Crippen molar-refractivity contribution in [2.24, 2.45) is 0 Å². The molecule has 0 atom stereocenters. The Labute approximate surface area is 140 Å². The lowest BCUT2D eigenvalue weighted by molar-refractivity contribution is -0.123. The predicted octanol–water partition coefficient (Wildman–Crippen LogP) is 5.25. The molecule has 1 amide bonds. The first-order valence-electron chi connectivity index (χ1n) is 7.52. The summed E-state index contributed by atoms with van der Waals surface area (Å²) in [6, 6.07) is 7.60. The van der Waals surface area contributed by atoms with Crippen LogP contribution in [0.2, 0.25) is 0 Å². The second kappa shape index (κ2) is 9.31. The summed E-state index contributed by atoms with van der Waals surface area (Å²) in [7, 11) is 0. The lowest BCUT2D eigenvalue weighted by Gasteiger charge is -2.26.